The van der Waals surface area contributed by atoms with E-state index in [0.29, 0.717) is 26.6 Å². The van der Waals surface area contributed by atoms with Crippen molar-refractivity contribution < 1.29 is 52.7 Å². The topological polar surface area (TPSA) is 383 Å². The van der Waals surface area contributed by atoms with Gasteiger partial charge in [0.15, 0.2) is 11.6 Å². The Bertz CT molecular complexity index is 7880. The molecule has 26 nitrogen and oxygen atoms in total. The van der Waals surface area contributed by atoms with Gasteiger partial charge in [-0.3, -0.25) is 0 Å². The van der Waals surface area contributed by atoms with E-state index in [1.54, 1.807) is 129 Å². The van der Waals surface area contributed by atoms with Gasteiger partial charge in [-0.05, 0) is 192 Å². The molecule has 13 aromatic rings. The van der Waals surface area contributed by atoms with Crippen molar-refractivity contribution in [3.63, 3.8) is 0 Å². The molecule has 0 fully saturated rings. The molecule has 0 saturated carbocycles. The quantitative estimate of drug-likeness (QED) is 0.0588. The zero-order valence-corrected chi connectivity index (χ0v) is 74.6. The fraction of sp³-hybridized carbons (Fsp3) is 0.0467. The van der Waals surface area contributed by atoms with E-state index >= 15 is 0 Å². The van der Waals surface area contributed by atoms with Gasteiger partial charge >= 0.3 is 0 Å². The maximum Gasteiger partial charge on any atom is 0.225 e. The third-order valence-corrected chi connectivity index (χ3v) is 22.1. The Balaban J connectivity index is 0.000000205. The molecular weight excluding hydrogens is 1910 g/mol. The van der Waals surface area contributed by atoms with Crippen molar-refractivity contribution in [3.05, 3.63) is 466 Å². The minimum atomic E-state index is -1.59. The van der Waals surface area contributed by atoms with Gasteiger partial charge < -0.3 is 9.80 Å². The highest BCUT2D eigenvalue weighted by molar-refractivity contribution is 7.99. The Morgan fingerprint density at radius 1 is 0.205 bits per heavy atom. The lowest BCUT2D eigenvalue weighted by Gasteiger charge is -2.33. The van der Waals surface area contributed by atoms with Crippen LogP contribution in [0, 0.1) is 294 Å². The number of hydrogen-bond donors (Lipinski definition) is 0. The molecular formula is C107H38F12N26S. The van der Waals surface area contributed by atoms with Gasteiger partial charge in [0.1, 0.15) is 143 Å². The molecule has 146 heavy (non-hydrogen) atoms. The molecule has 686 valence electrons. The highest BCUT2D eigenvalue weighted by atomic mass is 32.2. The summed E-state index contributed by atoms with van der Waals surface area (Å²) in [5.74, 6) is -11.9. The first-order valence-corrected chi connectivity index (χ1v) is 40.5. The van der Waals surface area contributed by atoms with Gasteiger partial charge in [-0.1, -0.05) is 43.8 Å². The summed E-state index contributed by atoms with van der Waals surface area (Å²) < 4.78 is 170. The van der Waals surface area contributed by atoms with E-state index in [0.717, 1.165) is 89.5 Å². The van der Waals surface area contributed by atoms with Crippen LogP contribution in [0.2, 0.25) is 0 Å². The maximum absolute atomic E-state index is 14.5. The Morgan fingerprint density at radius 2 is 0.370 bits per heavy atom. The number of para-hydroxylation sites is 1. The standard InChI is InChI=1S/C26H9F3N6.C24H6F3N7.C22H9F2N5.C19H10F2N4.C16H4F2N4S/c1-26(18-4-14(10-30)23(27)15(5-18)11-31,19-6-16(12-32)24(28)21(8-19)34-2)20-7-17(13-33)25(29)22(9-20)35-3;1-32-20-7-18(5-15(11-30)23(20)26)34(17-3-13(9-28)22(25)14(4-17)10-29)19-6-16(12-31)24(27)21(8-19)33-2;1-27-19-10-17(8-14(12-25)21(19)23)29(16-6-4-3-5-7-16)18-9-15(13-26)22(24)20(11-18)28-2;1-19(2,13-5-11(9-22)17(20)15(7-13)24-3)14-6-12(10-23)18(21)16(8-14)25-4;1-21-13-5-11(3-9(7-19)15(13)17)23-12-4-10(8-20)16(18)14(6-12)22-2/h4-9H,1H3;3-8H;3-11H;5-8H,1-2H3;3-6H. The summed E-state index contributed by atoms with van der Waals surface area (Å²) in [5.41, 5.74) is -10.3. The molecule has 0 aliphatic rings. The average Bonchev–Trinajstić information content (AvgIpc) is 0.737. The van der Waals surface area contributed by atoms with Crippen LogP contribution in [0.25, 0.3) is 48.5 Å². The van der Waals surface area contributed by atoms with E-state index in [1.807, 2.05) is 0 Å². The van der Waals surface area contributed by atoms with Gasteiger partial charge in [-0.2, -0.15) is 73.7 Å². The molecule has 0 heterocycles. The highest BCUT2D eigenvalue weighted by Crippen LogP contribution is 2.49. The lowest BCUT2D eigenvalue weighted by molar-refractivity contribution is 0.608. The first-order valence-electron chi connectivity index (χ1n) is 39.6. The lowest BCUT2D eigenvalue weighted by Crippen LogP contribution is -2.26. The molecule has 13 aromatic carbocycles. The molecule has 0 radical (unpaired) electrons. The number of halogens is 12. The number of rotatable bonds is 13. The number of nitriles is 14. The molecule has 0 unspecified atom stereocenters. The van der Waals surface area contributed by atoms with E-state index < -0.39 is 148 Å². The minimum absolute atomic E-state index is 0.0604. The second-order valence-electron chi connectivity index (χ2n) is 29.6. The van der Waals surface area contributed by atoms with Crippen LogP contribution in [0.4, 0.5) is 144 Å². The first-order chi connectivity index (χ1) is 69.9. The monoisotopic (exact) mass is 1950 g/mol. The van der Waals surface area contributed by atoms with Crippen molar-refractivity contribution in [2.45, 2.75) is 41.4 Å². The fourth-order valence-electron chi connectivity index (χ4n) is 13.8. The summed E-state index contributed by atoms with van der Waals surface area (Å²) in [6, 6.07) is 60.1. The molecule has 0 aliphatic carbocycles. The minimum Gasteiger partial charge on any atom is -0.313 e. The summed E-state index contributed by atoms with van der Waals surface area (Å²) in [5, 5.41) is 129. The second-order valence-corrected chi connectivity index (χ2v) is 30.8. The van der Waals surface area contributed by atoms with Crippen molar-refractivity contribution in [2.24, 2.45) is 0 Å². The molecule has 0 spiro atoms. The molecule has 0 bridgehead atoms. The Labute approximate surface area is 826 Å². The maximum atomic E-state index is 14.5. The van der Waals surface area contributed by atoms with Crippen LogP contribution < -0.4 is 9.80 Å². The van der Waals surface area contributed by atoms with Crippen molar-refractivity contribution >= 4 is 103 Å². The Morgan fingerprint density at radius 3 is 0.596 bits per heavy atom. The number of anilines is 6. The van der Waals surface area contributed by atoms with E-state index in [4.69, 9.17) is 86.8 Å². The fourth-order valence-corrected chi connectivity index (χ4v) is 14.8. The SMILES string of the molecule is [C-]#[N+]c1cc(C(C)(C)c2cc(C#N)c(F)c([N+]#[C-])c2)cc(C#N)c1F.[C-]#[N+]c1cc(C(C)(c2cc(C#N)c(F)c(C#N)c2)c2cc(C#N)c(F)c([N+]#[C-])c2)cc(C#N)c1F.[C-]#[N+]c1cc(N(c2cc(C#N)c(F)c(C#N)c2)c2cc(C#N)c(F)c([N+]#[C-])c2)cc(C#N)c1F.[C-]#[N+]c1cc(N(c2ccccc2)c2cc(C#N)c(F)c([N+]#[C-])c2)cc(C#N)c1F.[C-]#[N+]c1cc(Sc2cc(C#N)c(F)c([N+]#[C-])c2)cc(C#N)c1F. The third-order valence-electron chi connectivity index (χ3n) is 21.2. The number of hydrogen-bond acceptors (Lipinski definition) is 17. The summed E-state index contributed by atoms with van der Waals surface area (Å²) in [6.45, 7) is 76.2. The number of nitrogens with zero attached hydrogens (tertiary/aromatic N) is 26. The van der Waals surface area contributed by atoms with Crippen LogP contribution in [-0.2, 0) is 10.8 Å². The molecule has 0 saturated heterocycles. The normalized spacial score (nSPS) is 9.75. The van der Waals surface area contributed by atoms with E-state index in [9.17, 15) is 105 Å². The van der Waals surface area contributed by atoms with Crippen molar-refractivity contribution in [3.8, 4) is 85.0 Å². The van der Waals surface area contributed by atoms with Gasteiger partial charge in [0.2, 0.25) is 56.9 Å². The largest absolute Gasteiger partial charge is 0.313 e. The Hall–Kier alpha value is -23.3. The van der Waals surface area contributed by atoms with Gasteiger partial charge in [0, 0.05) is 54.7 Å². The molecule has 13 rings (SSSR count). The second kappa shape index (κ2) is 46.3. The van der Waals surface area contributed by atoms with E-state index in [2.05, 4.69) is 48.5 Å². The van der Waals surface area contributed by atoms with Gasteiger partial charge in [0.25, 0.3) is 0 Å². The van der Waals surface area contributed by atoms with Crippen LogP contribution in [-0.4, -0.2) is 0 Å². The molecule has 0 amide bonds. The molecule has 0 N–H and O–H groups in total. The third kappa shape index (κ3) is 21.7. The molecule has 0 aromatic heterocycles. The van der Waals surface area contributed by atoms with Crippen LogP contribution >= 0.6 is 11.8 Å². The molecule has 0 aliphatic heterocycles. The van der Waals surface area contributed by atoms with Crippen LogP contribution in [0.1, 0.15) is 126 Å². The zero-order chi connectivity index (χ0) is 108. The van der Waals surface area contributed by atoms with Crippen molar-refractivity contribution in [2.75, 3.05) is 9.80 Å². The summed E-state index contributed by atoms with van der Waals surface area (Å²) >= 11 is 1.00. The van der Waals surface area contributed by atoms with Gasteiger partial charge in [-0.15, -0.1) is 0 Å². The van der Waals surface area contributed by atoms with Gasteiger partial charge in [-0.25, -0.2) is 101 Å². The highest BCUT2D eigenvalue weighted by Gasteiger charge is 2.37. The molecule has 0 atom stereocenters. The van der Waals surface area contributed by atoms with Crippen molar-refractivity contribution in [1.82, 2.24) is 0 Å². The summed E-state index contributed by atoms with van der Waals surface area (Å²) in [6.07, 6.45) is 0. The van der Waals surface area contributed by atoms with Crippen LogP contribution in [0.5, 0.6) is 0 Å². The van der Waals surface area contributed by atoms with Crippen LogP contribution in [0.15, 0.2) is 186 Å². The predicted octanol–water partition coefficient (Wildman–Crippen LogP) is 28.6. The summed E-state index contributed by atoms with van der Waals surface area (Å²) in [7, 11) is 0. The Kier molecular flexibility index (Phi) is 33.8. The van der Waals surface area contributed by atoms with Crippen LogP contribution in [0.3, 0.4) is 0 Å². The van der Waals surface area contributed by atoms with Gasteiger partial charge in [0.05, 0.1) is 144 Å². The lowest BCUT2D eigenvalue weighted by atomic mass is 9.69. The van der Waals surface area contributed by atoms with E-state index in [-0.39, 0.29) is 113 Å². The predicted molar refractivity (Wildman–Crippen MR) is 497 cm³/mol. The zero-order valence-electron chi connectivity index (χ0n) is 73.8. The smallest absolute Gasteiger partial charge is 0.225 e. The summed E-state index contributed by atoms with van der Waals surface area (Å²) in [4.78, 5) is 34.2. The first kappa shape index (κ1) is 106. The molecule has 39 heteroatoms. The number of benzene rings is 13. The average molecular weight is 1950 g/mol. The van der Waals surface area contributed by atoms with E-state index in [1.165, 1.54) is 84.6 Å². The van der Waals surface area contributed by atoms with Crippen molar-refractivity contribution in [1.29, 1.82) is 73.7 Å².